The minimum atomic E-state index is -1.24. The average molecular weight is 293 g/mol. The number of halogens is 2. The van der Waals surface area contributed by atoms with Crippen LogP contribution in [0.5, 0.6) is 0 Å². The van der Waals surface area contributed by atoms with Crippen molar-refractivity contribution in [1.82, 2.24) is 0 Å². The van der Waals surface area contributed by atoms with Gasteiger partial charge in [0.1, 0.15) is 5.78 Å². The number of hydrogen-bond acceptors (Lipinski definition) is 2. The van der Waals surface area contributed by atoms with Gasteiger partial charge in [-0.15, -0.1) is 0 Å². The number of carbonyl (C=O) groups is 1. The summed E-state index contributed by atoms with van der Waals surface area (Å²) in [5, 5.41) is 0.829. The van der Waals surface area contributed by atoms with Gasteiger partial charge in [-0.25, -0.2) is 0 Å². The highest BCUT2D eigenvalue weighted by Gasteiger charge is 2.13. The van der Waals surface area contributed by atoms with Gasteiger partial charge in [-0.1, -0.05) is 36.2 Å². The van der Waals surface area contributed by atoms with Crippen LogP contribution < -0.4 is 0 Å². The Morgan fingerprint density at radius 1 is 1.29 bits per heavy atom. The number of Topliss-reactive ketones (excluding diaryl/α,β-unsaturated/α-hetero) is 1. The van der Waals surface area contributed by atoms with Crippen LogP contribution in [0.3, 0.4) is 0 Å². The Labute approximate surface area is 114 Å². The fourth-order valence-corrected chi connectivity index (χ4v) is 3.47. The van der Waals surface area contributed by atoms with E-state index in [0.29, 0.717) is 40.0 Å². The van der Waals surface area contributed by atoms with E-state index in [0.717, 1.165) is 0 Å². The predicted molar refractivity (Wildman–Crippen MR) is 72.3 cm³/mol. The quantitative estimate of drug-likeness (QED) is 0.798. The molecule has 1 unspecified atom stereocenters. The average Bonchev–Trinajstić information content (AvgIpc) is 2.28. The fraction of sp³-hybridized carbons (Fsp3) is 0.417. The Balaban J connectivity index is 2.61. The normalized spacial score (nSPS) is 12.4. The lowest BCUT2D eigenvalue weighted by molar-refractivity contribution is -0.118. The summed E-state index contributed by atoms with van der Waals surface area (Å²) in [5.41, 5.74) is 0. The number of rotatable bonds is 6. The molecule has 0 fully saturated rings. The largest absolute Gasteiger partial charge is 0.300 e. The van der Waals surface area contributed by atoms with Crippen molar-refractivity contribution in [2.75, 3.05) is 5.75 Å². The zero-order valence-electron chi connectivity index (χ0n) is 9.54. The van der Waals surface area contributed by atoms with E-state index < -0.39 is 10.8 Å². The first kappa shape index (κ1) is 14.7. The third-order valence-corrected chi connectivity index (χ3v) is 4.73. The summed E-state index contributed by atoms with van der Waals surface area (Å²) in [6.45, 7) is 1.82. The molecule has 1 aromatic carbocycles. The minimum absolute atomic E-state index is 0.187. The number of benzene rings is 1. The molecular weight excluding hydrogens is 279 g/mol. The molecule has 0 heterocycles. The molecular formula is C12H14Cl2O2S. The van der Waals surface area contributed by atoms with Crippen LogP contribution in [0, 0.1) is 0 Å². The summed E-state index contributed by atoms with van der Waals surface area (Å²) < 4.78 is 12.0. The van der Waals surface area contributed by atoms with Crippen LogP contribution in [0.25, 0.3) is 0 Å². The van der Waals surface area contributed by atoms with Gasteiger partial charge in [0, 0.05) is 18.6 Å². The van der Waals surface area contributed by atoms with Crippen molar-refractivity contribution in [3.05, 3.63) is 28.2 Å². The molecule has 0 aromatic heterocycles. The summed E-state index contributed by atoms with van der Waals surface area (Å²) in [6.07, 6.45) is 1.59. The maximum absolute atomic E-state index is 12.0. The number of carbonyl (C=O) groups excluding carboxylic acids is 1. The van der Waals surface area contributed by atoms with E-state index in [2.05, 4.69) is 0 Å². The van der Waals surface area contributed by atoms with Crippen LogP contribution >= 0.6 is 23.2 Å². The second-order valence-electron chi connectivity index (χ2n) is 3.60. The molecule has 0 spiro atoms. The highest BCUT2D eigenvalue weighted by atomic mass is 35.5. The van der Waals surface area contributed by atoms with Gasteiger partial charge < -0.3 is 0 Å². The predicted octanol–water partition coefficient (Wildman–Crippen LogP) is 3.86. The molecule has 1 rings (SSSR count). The standard InChI is InChI=1S/C12H14Cl2O2S/c1-2-9(15)5-4-8-17(16)12-10(13)6-3-7-11(12)14/h3,6-7H,2,4-5,8H2,1H3. The van der Waals surface area contributed by atoms with E-state index in [1.807, 2.05) is 6.92 Å². The third kappa shape index (κ3) is 4.41. The maximum Gasteiger partial charge on any atom is 0.132 e. The highest BCUT2D eigenvalue weighted by Crippen LogP contribution is 2.28. The van der Waals surface area contributed by atoms with Crippen LogP contribution in [-0.2, 0) is 15.6 Å². The Kier molecular flexibility index (Phi) is 6.17. The maximum atomic E-state index is 12.0. The fourth-order valence-electron chi connectivity index (χ4n) is 1.38. The van der Waals surface area contributed by atoms with Crippen LogP contribution in [0.4, 0.5) is 0 Å². The first-order valence-corrected chi connectivity index (χ1v) is 7.47. The lowest BCUT2D eigenvalue weighted by Crippen LogP contribution is -2.03. The molecule has 94 valence electrons. The van der Waals surface area contributed by atoms with Crippen LogP contribution in [-0.4, -0.2) is 15.7 Å². The van der Waals surface area contributed by atoms with Crippen molar-refractivity contribution < 1.29 is 9.00 Å². The topological polar surface area (TPSA) is 34.1 Å². The molecule has 0 bridgehead atoms. The Morgan fingerprint density at radius 3 is 2.41 bits per heavy atom. The molecule has 0 saturated carbocycles. The van der Waals surface area contributed by atoms with Crippen LogP contribution in [0.1, 0.15) is 26.2 Å². The molecule has 2 nitrogen and oxygen atoms in total. The molecule has 0 aliphatic heterocycles. The lowest BCUT2D eigenvalue weighted by atomic mass is 10.2. The Morgan fingerprint density at radius 2 is 1.88 bits per heavy atom. The molecule has 0 saturated heterocycles. The van der Waals surface area contributed by atoms with Gasteiger partial charge in [0.05, 0.1) is 25.7 Å². The van der Waals surface area contributed by atoms with Crippen molar-refractivity contribution in [3.8, 4) is 0 Å². The first-order valence-electron chi connectivity index (χ1n) is 5.40. The number of ketones is 1. The highest BCUT2D eigenvalue weighted by molar-refractivity contribution is 7.85. The minimum Gasteiger partial charge on any atom is -0.300 e. The second kappa shape index (κ2) is 7.14. The second-order valence-corrected chi connectivity index (χ2v) is 5.92. The molecule has 5 heteroatoms. The Bertz CT molecular complexity index is 412. The summed E-state index contributed by atoms with van der Waals surface area (Å²) in [5.74, 6) is 0.599. The summed E-state index contributed by atoms with van der Waals surface area (Å²) >= 11 is 11.9. The van der Waals surface area contributed by atoms with E-state index in [-0.39, 0.29) is 5.78 Å². The summed E-state index contributed by atoms with van der Waals surface area (Å²) in [6, 6.07) is 5.04. The van der Waals surface area contributed by atoms with Crippen molar-refractivity contribution in [1.29, 1.82) is 0 Å². The lowest BCUT2D eigenvalue weighted by Gasteiger charge is -2.06. The number of hydrogen-bond donors (Lipinski definition) is 0. The van der Waals surface area contributed by atoms with E-state index >= 15 is 0 Å². The molecule has 0 N–H and O–H groups in total. The van der Waals surface area contributed by atoms with Crippen molar-refractivity contribution in [2.24, 2.45) is 0 Å². The van der Waals surface area contributed by atoms with Gasteiger partial charge in [0.25, 0.3) is 0 Å². The molecule has 0 aliphatic carbocycles. The summed E-state index contributed by atoms with van der Waals surface area (Å²) in [4.78, 5) is 11.6. The van der Waals surface area contributed by atoms with Gasteiger partial charge in [-0.3, -0.25) is 9.00 Å². The molecule has 0 aliphatic rings. The smallest absolute Gasteiger partial charge is 0.132 e. The van der Waals surface area contributed by atoms with E-state index in [1.54, 1.807) is 18.2 Å². The molecule has 0 radical (unpaired) electrons. The van der Waals surface area contributed by atoms with Gasteiger partial charge >= 0.3 is 0 Å². The zero-order valence-corrected chi connectivity index (χ0v) is 11.9. The molecule has 0 amide bonds. The molecule has 17 heavy (non-hydrogen) atoms. The van der Waals surface area contributed by atoms with Crippen LogP contribution in [0.2, 0.25) is 10.0 Å². The van der Waals surface area contributed by atoms with Crippen molar-refractivity contribution in [2.45, 2.75) is 31.1 Å². The van der Waals surface area contributed by atoms with Gasteiger partial charge in [-0.2, -0.15) is 0 Å². The SMILES string of the molecule is CCC(=O)CCCS(=O)c1c(Cl)cccc1Cl. The van der Waals surface area contributed by atoms with Crippen molar-refractivity contribution >= 4 is 39.8 Å². The summed E-state index contributed by atoms with van der Waals surface area (Å²) in [7, 11) is -1.24. The molecule has 1 atom stereocenters. The first-order chi connectivity index (χ1) is 8.06. The monoisotopic (exact) mass is 292 g/mol. The third-order valence-electron chi connectivity index (χ3n) is 2.33. The van der Waals surface area contributed by atoms with E-state index in [4.69, 9.17) is 23.2 Å². The van der Waals surface area contributed by atoms with Crippen LogP contribution in [0.15, 0.2) is 23.1 Å². The zero-order chi connectivity index (χ0) is 12.8. The van der Waals surface area contributed by atoms with E-state index in [9.17, 15) is 9.00 Å². The van der Waals surface area contributed by atoms with Crippen molar-refractivity contribution in [3.63, 3.8) is 0 Å². The Hall–Kier alpha value is -0.380. The molecule has 1 aromatic rings. The van der Waals surface area contributed by atoms with Gasteiger partial charge in [0.2, 0.25) is 0 Å². The van der Waals surface area contributed by atoms with E-state index in [1.165, 1.54) is 0 Å². The van der Waals surface area contributed by atoms with Gasteiger partial charge in [-0.05, 0) is 18.6 Å². The van der Waals surface area contributed by atoms with Gasteiger partial charge in [0.15, 0.2) is 0 Å².